The molecule has 0 radical (unpaired) electrons. The number of pyridine rings is 1. The molecule has 2 N–H and O–H groups in total. The van der Waals surface area contributed by atoms with Gasteiger partial charge >= 0.3 is 0 Å². The number of benzene rings is 1. The lowest BCUT2D eigenvalue weighted by Crippen LogP contribution is -2.47. The van der Waals surface area contributed by atoms with Crippen molar-refractivity contribution < 1.29 is 0 Å². The second kappa shape index (κ2) is 5.71. The topological polar surface area (TPSA) is 69.2 Å². The van der Waals surface area contributed by atoms with E-state index in [-0.39, 0.29) is 0 Å². The summed E-state index contributed by atoms with van der Waals surface area (Å²) in [6.07, 6.45) is 1.74. The summed E-state index contributed by atoms with van der Waals surface area (Å²) in [4.78, 5) is 8.85. The summed E-state index contributed by atoms with van der Waals surface area (Å²) in [5.41, 5.74) is 8.33. The minimum atomic E-state index is 0.637. The minimum Gasteiger partial charge on any atom is -0.399 e. The van der Waals surface area contributed by atoms with Crippen molar-refractivity contribution in [3.8, 4) is 6.07 Å². The van der Waals surface area contributed by atoms with Gasteiger partial charge in [0.25, 0.3) is 0 Å². The smallest absolute Gasteiger partial charge is 0.146 e. The van der Waals surface area contributed by atoms with Crippen molar-refractivity contribution in [1.82, 2.24) is 4.98 Å². The maximum absolute atomic E-state index is 9.17. The molecule has 0 bridgehead atoms. The van der Waals surface area contributed by atoms with Crippen LogP contribution in [0.1, 0.15) is 5.56 Å². The van der Waals surface area contributed by atoms with Crippen molar-refractivity contribution in [1.29, 1.82) is 5.26 Å². The SMILES string of the molecule is N#Cc1cccnc1N1CCN(c2ccc(N)cc2)CC1. The highest BCUT2D eigenvalue weighted by Crippen LogP contribution is 2.22. The summed E-state index contributed by atoms with van der Waals surface area (Å²) in [5.74, 6) is 0.789. The molecule has 1 aliphatic rings. The van der Waals surface area contributed by atoms with Crippen LogP contribution in [0.15, 0.2) is 42.6 Å². The summed E-state index contributed by atoms with van der Waals surface area (Å²) in [6, 6.07) is 13.8. The number of nitrogens with zero attached hydrogens (tertiary/aromatic N) is 4. The fourth-order valence-corrected chi connectivity index (χ4v) is 2.60. The van der Waals surface area contributed by atoms with E-state index in [0.29, 0.717) is 5.56 Å². The van der Waals surface area contributed by atoms with E-state index in [9.17, 15) is 0 Å². The van der Waals surface area contributed by atoms with Gasteiger partial charge in [-0.1, -0.05) is 0 Å². The molecule has 1 aliphatic heterocycles. The van der Waals surface area contributed by atoms with Gasteiger partial charge in [0, 0.05) is 43.8 Å². The van der Waals surface area contributed by atoms with Gasteiger partial charge < -0.3 is 15.5 Å². The van der Waals surface area contributed by atoms with Crippen molar-refractivity contribution in [3.05, 3.63) is 48.2 Å². The Balaban J connectivity index is 1.70. The van der Waals surface area contributed by atoms with Gasteiger partial charge in [0.05, 0.1) is 5.56 Å². The maximum atomic E-state index is 9.17. The number of nitriles is 1. The molecule has 0 unspecified atom stereocenters. The van der Waals surface area contributed by atoms with Crippen LogP contribution in [0.2, 0.25) is 0 Å². The van der Waals surface area contributed by atoms with Crippen LogP contribution >= 0.6 is 0 Å². The van der Waals surface area contributed by atoms with E-state index >= 15 is 0 Å². The first-order valence-corrected chi connectivity index (χ1v) is 6.98. The van der Waals surface area contributed by atoms with Gasteiger partial charge in [-0.2, -0.15) is 5.26 Å². The highest BCUT2D eigenvalue weighted by molar-refractivity contribution is 5.57. The first-order valence-electron chi connectivity index (χ1n) is 6.98. The third-order valence-electron chi connectivity index (χ3n) is 3.74. The molecular formula is C16H17N5. The van der Waals surface area contributed by atoms with Crippen LogP contribution in [-0.2, 0) is 0 Å². The van der Waals surface area contributed by atoms with Crippen LogP contribution in [0.25, 0.3) is 0 Å². The molecule has 5 heteroatoms. The number of anilines is 3. The Morgan fingerprint density at radius 1 is 1.00 bits per heavy atom. The van der Waals surface area contributed by atoms with Crippen LogP contribution in [-0.4, -0.2) is 31.2 Å². The number of nitrogen functional groups attached to an aromatic ring is 1. The zero-order valence-electron chi connectivity index (χ0n) is 11.7. The molecule has 0 saturated carbocycles. The molecule has 0 spiro atoms. The Hall–Kier alpha value is -2.74. The molecule has 0 aliphatic carbocycles. The van der Waals surface area contributed by atoms with Crippen LogP contribution in [0.4, 0.5) is 17.2 Å². The van der Waals surface area contributed by atoms with E-state index < -0.39 is 0 Å². The van der Waals surface area contributed by atoms with E-state index in [4.69, 9.17) is 11.0 Å². The number of aromatic nitrogens is 1. The summed E-state index contributed by atoms with van der Waals surface area (Å²) in [7, 11) is 0. The molecule has 0 amide bonds. The van der Waals surface area contributed by atoms with E-state index in [1.807, 2.05) is 30.3 Å². The van der Waals surface area contributed by atoms with Crippen molar-refractivity contribution in [2.75, 3.05) is 41.7 Å². The molecule has 0 atom stereocenters. The summed E-state index contributed by atoms with van der Waals surface area (Å²) < 4.78 is 0. The van der Waals surface area contributed by atoms with Crippen molar-refractivity contribution in [2.24, 2.45) is 0 Å². The van der Waals surface area contributed by atoms with Crippen LogP contribution in [0.3, 0.4) is 0 Å². The fraction of sp³-hybridized carbons (Fsp3) is 0.250. The molecule has 2 aromatic rings. The second-order valence-corrected chi connectivity index (χ2v) is 5.05. The Morgan fingerprint density at radius 3 is 2.33 bits per heavy atom. The summed E-state index contributed by atoms with van der Waals surface area (Å²) in [5, 5.41) is 9.17. The molecule has 2 heterocycles. The Labute approximate surface area is 124 Å². The third-order valence-corrected chi connectivity index (χ3v) is 3.74. The van der Waals surface area contributed by atoms with Crippen molar-refractivity contribution in [3.63, 3.8) is 0 Å². The third kappa shape index (κ3) is 2.75. The van der Waals surface area contributed by atoms with E-state index in [1.165, 1.54) is 5.69 Å². The predicted molar refractivity (Wildman–Crippen MR) is 84.2 cm³/mol. The monoisotopic (exact) mass is 279 g/mol. The van der Waals surface area contributed by atoms with Gasteiger partial charge in [-0.05, 0) is 36.4 Å². The second-order valence-electron chi connectivity index (χ2n) is 5.05. The van der Waals surface area contributed by atoms with Gasteiger partial charge in [0.1, 0.15) is 11.9 Å². The highest BCUT2D eigenvalue weighted by Gasteiger charge is 2.20. The fourth-order valence-electron chi connectivity index (χ4n) is 2.60. The zero-order chi connectivity index (χ0) is 14.7. The van der Waals surface area contributed by atoms with Crippen LogP contribution < -0.4 is 15.5 Å². The Kier molecular flexibility index (Phi) is 3.61. The molecule has 5 nitrogen and oxygen atoms in total. The van der Waals surface area contributed by atoms with Gasteiger partial charge in [0.15, 0.2) is 0 Å². The Morgan fingerprint density at radius 2 is 1.67 bits per heavy atom. The van der Waals surface area contributed by atoms with Crippen molar-refractivity contribution in [2.45, 2.75) is 0 Å². The molecule has 1 fully saturated rings. The van der Waals surface area contributed by atoms with E-state index in [1.54, 1.807) is 12.3 Å². The van der Waals surface area contributed by atoms with E-state index in [0.717, 1.165) is 37.7 Å². The number of nitrogens with two attached hydrogens (primary N) is 1. The van der Waals surface area contributed by atoms with Gasteiger partial charge in [0.2, 0.25) is 0 Å². The molecule has 1 aromatic heterocycles. The van der Waals surface area contributed by atoms with Crippen LogP contribution in [0.5, 0.6) is 0 Å². The standard InChI is InChI=1S/C16H17N5/c17-12-13-2-1-7-19-16(13)21-10-8-20(9-11-21)15-5-3-14(18)4-6-15/h1-7H,8-11,18H2. The molecule has 106 valence electrons. The number of hydrogen-bond donors (Lipinski definition) is 1. The molecule has 3 rings (SSSR count). The average Bonchev–Trinajstić information content (AvgIpc) is 2.56. The van der Waals surface area contributed by atoms with Gasteiger partial charge in [-0.3, -0.25) is 0 Å². The summed E-state index contributed by atoms with van der Waals surface area (Å²) in [6.45, 7) is 3.53. The summed E-state index contributed by atoms with van der Waals surface area (Å²) >= 11 is 0. The zero-order valence-corrected chi connectivity index (χ0v) is 11.7. The van der Waals surface area contributed by atoms with Gasteiger partial charge in [-0.15, -0.1) is 0 Å². The first-order chi connectivity index (χ1) is 10.3. The number of rotatable bonds is 2. The Bertz CT molecular complexity index is 651. The highest BCUT2D eigenvalue weighted by atomic mass is 15.3. The van der Waals surface area contributed by atoms with Crippen LogP contribution in [0, 0.1) is 11.3 Å². The van der Waals surface area contributed by atoms with Crippen molar-refractivity contribution >= 4 is 17.2 Å². The van der Waals surface area contributed by atoms with Gasteiger partial charge in [-0.25, -0.2) is 4.98 Å². The predicted octanol–water partition coefficient (Wildman–Crippen LogP) is 1.86. The molecule has 1 aromatic carbocycles. The minimum absolute atomic E-state index is 0.637. The lowest BCUT2D eigenvalue weighted by molar-refractivity contribution is 0.647. The first kappa shape index (κ1) is 13.3. The van der Waals surface area contributed by atoms with E-state index in [2.05, 4.69) is 20.9 Å². The average molecular weight is 279 g/mol. The molecule has 1 saturated heterocycles. The largest absolute Gasteiger partial charge is 0.399 e. The quantitative estimate of drug-likeness (QED) is 0.850. The maximum Gasteiger partial charge on any atom is 0.146 e. The molecule has 21 heavy (non-hydrogen) atoms. The molecular weight excluding hydrogens is 262 g/mol. The lowest BCUT2D eigenvalue weighted by Gasteiger charge is -2.37. The normalized spacial score (nSPS) is 14.8. The lowest BCUT2D eigenvalue weighted by atomic mass is 10.2. The number of piperazine rings is 1. The number of hydrogen-bond acceptors (Lipinski definition) is 5.